The number of hydrogen-bond donors (Lipinski definition) is 0. The summed E-state index contributed by atoms with van der Waals surface area (Å²) in [6, 6.07) is 7.13. The van der Waals surface area contributed by atoms with E-state index in [4.69, 9.17) is 20.8 Å². The maximum Gasteiger partial charge on any atom is 0.201 e. The van der Waals surface area contributed by atoms with Crippen molar-refractivity contribution in [2.75, 3.05) is 13.2 Å². The Balaban J connectivity index is 1.91. The van der Waals surface area contributed by atoms with Gasteiger partial charge in [-0.3, -0.25) is 4.79 Å². The van der Waals surface area contributed by atoms with Crippen LogP contribution >= 0.6 is 11.6 Å². The molecule has 18 heavy (non-hydrogen) atoms. The lowest BCUT2D eigenvalue weighted by atomic mass is 9.94. The van der Waals surface area contributed by atoms with Crippen LogP contribution in [0.1, 0.15) is 23.4 Å². The second-order valence-corrected chi connectivity index (χ2v) is 4.98. The van der Waals surface area contributed by atoms with Gasteiger partial charge >= 0.3 is 0 Å². The molecule has 1 fully saturated rings. The third-order valence-electron chi connectivity index (χ3n) is 3.31. The van der Waals surface area contributed by atoms with Crippen LogP contribution < -0.4 is 0 Å². The molecule has 0 radical (unpaired) electrons. The first-order valence-electron chi connectivity index (χ1n) is 6.05. The molecule has 94 valence electrons. The molecule has 1 aliphatic rings. The number of hydrogen-bond acceptors (Lipinski definition) is 3. The molecule has 0 atom stereocenters. The van der Waals surface area contributed by atoms with Crippen molar-refractivity contribution in [2.45, 2.75) is 12.8 Å². The van der Waals surface area contributed by atoms with Crippen molar-refractivity contribution < 1.29 is 13.9 Å². The highest BCUT2D eigenvalue weighted by Crippen LogP contribution is 2.27. The lowest BCUT2D eigenvalue weighted by molar-refractivity contribution is 0.0529. The van der Waals surface area contributed by atoms with Gasteiger partial charge in [-0.2, -0.15) is 0 Å². The Morgan fingerprint density at radius 3 is 2.78 bits per heavy atom. The largest absolute Gasteiger partial charge is 0.453 e. The van der Waals surface area contributed by atoms with E-state index in [1.165, 1.54) is 0 Å². The van der Waals surface area contributed by atoms with Crippen LogP contribution in [-0.4, -0.2) is 19.0 Å². The topological polar surface area (TPSA) is 39.4 Å². The maximum atomic E-state index is 12.3. The van der Waals surface area contributed by atoms with Crippen molar-refractivity contribution in [3.63, 3.8) is 0 Å². The zero-order valence-corrected chi connectivity index (χ0v) is 10.6. The van der Waals surface area contributed by atoms with Crippen molar-refractivity contribution in [3.05, 3.63) is 35.0 Å². The Bertz CT molecular complexity index is 582. The summed E-state index contributed by atoms with van der Waals surface area (Å²) in [5.41, 5.74) is 0.704. The number of rotatable bonds is 2. The number of carbonyl (C=O) groups is 1. The van der Waals surface area contributed by atoms with E-state index in [-0.39, 0.29) is 11.7 Å². The average molecular weight is 265 g/mol. The van der Waals surface area contributed by atoms with Gasteiger partial charge in [0.2, 0.25) is 5.78 Å². The van der Waals surface area contributed by atoms with Crippen molar-refractivity contribution in [1.29, 1.82) is 0 Å². The van der Waals surface area contributed by atoms with Gasteiger partial charge < -0.3 is 9.15 Å². The molecule has 0 bridgehead atoms. The molecule has 0 saturated carbocycles. The molecule has 1 aliphatic heterocycles. The molecule has 1 aromatic carbocycles. The van der Waals surface area contributed by atoms with Gasteiger partial charge in [0.25, 0.3) is 0 Å². The molecule has 0 spiro atoms. The van der Waals surface area contributed by atoms with Crippen LogP contribution in [0.25, 0.3) is 11.0 Å². The highest BCUT2D eigenvalue weighted by molar-refractivity contribution is 6.31. The van der Waals surface area contributed by atoms with E-state index < -0.39 is 0 Å². The number of benzene rings is 1. The minimum Gasteiger partial charge on any atom is -0.453 e. The van der Waals surface area contributed by atoms with Crippen LogP contribution in [0.15, 0.2) is 28.7 Å². The van der Waals surface area contributed by atoms with Crippen LogP contribution in [0.4, 0.5) is 0 Å². The summed E-state index contributed by atoms with van der Waals surface area (Å²) in [4.78, 5) is 12.3. The zero-order valence-electron chi connectivity index (χ0n) is 9.82. The van der Waals surface area contributed by atoms with Crippen molar-refractivity contribution in [3.8, 4) is 0 Å². The highest BCUT2D eigenvalue weighted by Gasteiger charge is 2.25. The standard InChI is InChI=1S/C14H13ClO3/c15-11-1-2-12-10(7-11)8-13(18-12)14(16)9-3-5-17-6-4-9/h1-2,7-9H,3-6H2. The number of fused-ring (bicyclic) bond motifs is 1. The Morgan fingerprint density at radius 2 is 2.00 bits per heavy atom. The Hall–Kier alpha value is -1.32. The van der Waals surface area contributed by atoms with Gasteiger partial charge in [-0.1, -0.05) is 11.6 Å². The van der Waals surface area contributed by atoms with E-state index in [9.17, 15) is 4.79 Å². The average Bonchev–Trinajstić information content (AvgIpc) is 2.81. The maximum absolute atomic E-state index is 12.3. The molecule has 0 amide bonds. The zero-order chi connectivity index (χ0) is 12.5. The third-order valence-corrected chi connectivity index (χ3v) is 3.55. The molecule has 1 saturated heterocycles. The summed E-state index contributed by atoms with van der Waals surface area (Å²) in [7, 11) is 0. The van der Waals surface area contributed by atoms with E-state index in [1.807, 2.05) is 0 Å². The van der Waals surface area contributed by atoms with Crippen LogP contribution in [0, 0.1) is 5.92 Å². The first kappa shape index (κ1) is 11.8. The Labute approximate surface area is 110 Å². The number of ketones is 1. The SMILES string of the molecule is O=C(c1cc2cc(Cl)ccc2o1)C1CCOCC1. The molecule has 0 N–H and O–H groups in total. The highest BCUT2D eigenvalue weighted by atomic mass is 35.5. The Morgan fingerprint density at radius 1 is 1.22 bits per heavy atom. The lowest BCUT2D eigenvalue weighted by Gasteiger charge is -2.19. The summed E-state index contributed by atoms with van der Waals surface area (Å²) in [6.07, 6.45) is 1.55. The molecule has 0 unspecified atom stereocenters. The first-order chi connectivity index (χ1) is 8.74. The minimum atomic E-state index is 0.0229. The molecule has 1 aromatic heterocycles. The van der Waals surface area contributed by atoms with Crippen LogP contribution in [0.3, 0.4) is 0 Å². The van der Waals surface area contributed by atoms with E-state index in [0.29, 0.717) is 29.6 Å². The smallest absolute Gasteiger partial charge is 0.201 e. The minimum absolute atomic E-state index is 0.0229. The van der Waals surface area contributed by atoms with Gasteiger partial charge in [-0.15, -0.1) is 0 Å². The van der Waals surface area contributed by atoms with Crippen LogP contribution in [-0.2, 0) is 4.74 Å². The molecular weight excluding hydrogens is 252 g/mol. The second-order valence-electron chi connectivity index (χ2n) is 4.54. The van der Waals surface area contributed by atoms with Gasteiger partial charge in [0.15, 0.2) is 5.76 Å². The fourth-order valence-corrected chi connectivity index (χ4v) is 2.48. The second kappa shape index (κ2) is 4.75. The van der Waals surface area contributed by atoms with Crippen molar-refractivity contribution in [1.82, 2.24) is 0 Å². The third kappa shape index (κ3) is 2.16. The summed E-state index contributed by atoms with van der Waals surface area (Å²) < 4.78 is 10.8. The molecule has 0 aliphatic carbocycles. The monoisotopic (exact) mass is 264 g/mol. The van der Waals surface area contributed by atoms with E-state index in [1.54, 1.807) is 24.3 Å². The van der Waals surface area contributed by atoms with Gasteiger partial charge in [-0.05, 0) is 37.1 Å². The fraction of sp³-hybridized carbons (Fsp3) is 0.357. The predicted octanol–water partition coefficient (Wildman–Crippen LogP) is 3.70. The number of ether oxygens (including phenoxy) is 1. The quantitative estimate of drug-likeness (QED) is 0.777. The molecule has 4 heteroatoms. The first-order valence-corrected chi connectivity index (χ1v) is 6.43. The fourth-order valence-electron chi connectivity index (χ4n) is 2.30. The van der Waals surface area contributed by atoms with E-state index in [2.05, 4.69) is 0 Å². The summed E-state index contributed by atoms with van der Waals surface area (Å²) in [5.74, 6) is 0.527. The van der Waals surface area contributed by atoms with Gasteiger partial charge in [0.1, 0.15) is 5.58 Å². The number of Topliss-reactive ketones (excluding diaryl/α,β-unsaturated/α-hetero) is 1. The van der Waals surface area contributed by atoms with E-state index in [0.717, 1.165) is 18.2 Å². The Kier molecular flexibility index (Phi) is 3.10. The normalized spacial score (nSPS) is 17.2. The molecule has 2 heterocycles. The molecule has 2 aromatic rings. The summed E-state index contributed by atoms with van der Waals surface area (Å²) in [6.45, 7) is 1.31. The van der Waals surface area contributed by atoms with Gasteiger partial charge in [-0.25, -0.2) is 0 Å². The van der Waals surface area contributed by atoms with Crippen molar-refractivity contribution in [2.24, 2.45) is 5.92 Å². The lowest BCUT2D eigenvalue weighted by Crippen LogP contribution is -2.23. The number of furan rings is 1. The summed E-state index contributed by atoms with van der Waals surface area (Å²) in [5, 5.41) is 1.52. The predicted molar refractivity (Wildman–Crippen MR) is 69.1 cm³/mol. The molecule has 3 nitrogen and oxygen atoms in total. The van der Waals surface area contributed by atoms with Gasteiger partial charge in [0, 0.05) is 29.5 Å². The van der Waals surface area contributed by atoms with Crippen LogP contribution in [0.5, 0.6) is 0 Å². The molecule has 3 rings (SSSR count). The summed E-state index contributed by atoms with van der Waals surface area (Å²) >= 11 is 5.91. The van der Waals surface area contributed by atoms with Crippen molar-refractivity contribution >= 4 is 28.4 Å². The number of carbonyl (C=O) groups excluding carboxylic acids is 1. The van der Waals surface area contributed by atoms with E-state index >= 15 is 0 Å². The van der Waals surface area contributed by atoms with Crippen LogP contribution in [0.2, 0.25) is 5.02 Å². The van der Waals surface area contributed by atoms with Gasteiger partial charge in [0.05, 0.1) is 0 Å². The number of halogens is 1. The molecular formula is C14H13ClO3.